The van der Waals surface area contributed by atoms with Crippen molar-refractivity contribution in [2.24, 2.45) is 0 Å². The number of hydrogen-bond donors (Lipinski definition) is 1. The lowest BCUT2D eigenvalue weighted by Gasteiger charge is -2.38. The molecule has 2 aromatic rings. The maximum atomic E-state index is 13.6. The molecule has 8 nitrogen and oxygen atoms in total. The molecule has 1 aliphatic heterocycles. The molecular formula is C17H26FN5O3Si. The van der Waals surface area contributed by atoms with E-state index in [9.17, 15) is 9.18 Å². The summed E-state index contributed by atoms with van der Waals surface area (Å²) in [6, 6.07) is 0. The largest absolute Gasteiger partial charge is 0.413 e. The fourth-order valence-corrected chi connectivity index (χ4v) is 3.78. The van der Waals surface area contributed by atoms with Gasteiger partial charge in [0.25, 0.3) is 0 Å². The predicted octanol–water partition coefficient (Wildman–Crippen LogP) is 2.82. The fourth-order valence-electron chi connectivity index (χ4n) is 2.71. The van der Waals surface area contributed by atoms with Crippen LogP contribution in [0.5, 0.6) is 0 Å². The summed E-state index contributed by atoms with van der Waals surface area (Å²) in [6.45, 7) is 12.6. The van der Waals surface area contributed by atoms with Crippen LogP contribution in [0.3, 0.4) is 0 Å². The third-order valence-corrected chi connectivity index (χ3v) is 10.1. The highest BCUT2D eigenvalue weighted by molar-refractivity contribution is 6.74. The van der Waals surface area contributed by atoms with Gasteiger partial charge in [-0.3, -0.25) is 9.36 Å². The highest BCUT2D eigenvalue weighted by Crippen LogP contribution is 2.40. The summed E-state index contributed by atoms with van der Waals surface area (Å²) in [7, 11) is -2.03. The molecule has 10 heteroatoms. The summed E-state index contributed by atoms with van der Waals surface area (Å²) in [4.78, 5) is 24.0. The van der Waals surface area contributed by atoms with E-state index in [2.05, 4.69) is 48.8 Å². The molecule has 148 valence electrons. The van der Waals surface area contributed by atoms with E-state index in [-0.39, 0.29) is 40.8 Å². The maximum absolute atomic E-state index is 13.6. The monoisotopic (exact) mass is 395 g/mol. The molecule has 0 aromatic carbocycles. The number of fused-ring (bicyclic) bond motifs is 1. The van der Waals surface area contributed by atoms with Gasteiger partial charge in [0, 0.05) is 0 Å². The van der Waals surface area contributed by atoms with E-state index in [1.165, 1.54) is 10.9 Å². The molecule has 0 bridgehead atoms. The van der Waals surface area contributed by atoms with Crippen LogP contribution in [-0.4, -0.2) is 45.8 Å². The van der Waals surface area contributed by atoms with E-state index < -0.39 is 26.2 Å². The lowest BCUT2D eigenvalue weighted by atomic mass is 10.0. The van der Waals surface area contributed by atoms with Crippen LogP contribution in [0, 0.1) is 6.08 Å². The van der Waals surface area contributed by atoms with Crippen molar-refractivity contribution >= 4 is 31.1 Å². The Morgan fingerprint density at radius 1 is 1.44 bits per heavy atom. The number of aromatic nitrogens is 4. The first-order chi connectivity index (χ1) is 12.3. The van der Waals surface area contributed by atoms with Gasteiger partial charge in [0.15, 0.2) is 31.1 Å². The lowest BCUT2D eigenvalue weighted by Crippen LogP contribution is -2.47. The molecule has 0 amide bonds. The van der Waals surface area contributed by atoms with Crippen molar-refractivity contribution in [1.82, 2.24) is 19.5 Å². The van der Waals surface area contributed by atoms with Gasteiger partial charge in [0.05, 0.1) is 19.4 Å². The number of nitrogens with zero attached hydrogens (tertiary/aromatic N) is 4. The Balaban J connectivity index is 1.83. The predicted molar refractivity (Wildman–Crippen MR) is 101 cm³/mol. The molecule has 1 aliphatic rings. The zero-order valence-electron chi connectivity index (χ0n) is 16.5. The van der Waals surface area contributed by atoms with Gasteiger partial charge in [-0.2, -0.15) is 14.4 Å². The minimum atomic E-state index is -2.03. The number of carbonyl (C=O) groups is 1. The summed E-state index contributed by atoms with van der Waals surface area (Å²) in [5.41, 5.74) is 5.10. The van der Waals surface area contributed by atoms with E-state index in [4.69, 9.17) is 14.9 Å². The zero-order chi connectivity index (χ0) is 20.2. The molecule has 0 saturated carbocycles. The second-order valence-electron chi connectivity index (χ2n) is 8.68. The first-order valence-electron chi connectivity index (χ1n) is 8.85. The van der Waals surface area contributed by atoms with E-state index in [0.717, 1.165) is 0 Å². The van der Waals surface area contributed by atoms with Crippen molar-refractivity contribution in [3.8, 4) is 0 Å². The SMILES string of the molecule is CC(C)(C)[Si](C)(C)OC[C@@]1(C)O[C@@H](n2cnc3c(N)nc(F)nc32)CC1=O. The summed E-state index contributed by atoms with van der Waals surface area (Å²) >= 11 is 0. The highest BCUT2D eigenvalue weighted by Gasteiger charge is 2.48. The summed E-state index contributed by atoms with van der Waals surface area (Å²) < 4.78 is 27.3. The van der Waals surface area contributed by atoms with Crippen molar-refractivity contribution in [1.29, 1.82) is 0 Å². The number of ether oxygens (including phenoxy) is 1. The molecular weight excluding hydrogens is 369 g/mol. The van der Waals surface area contributed by atoms with E-state index in [1.807, 2.05) is 0 Å². The van der Waals surface area contributed by atoms with Crippen LogP contribution < -0.4 is 5.73 Å². The third kappa shape index (κ3) is 3.48. The maximum Gasteiger partial charge on any atom is 0.312 e. The first-order valence-corrected chi connectivity index (χ1v) is 11.8. The van der Waals surface area contributed by atoms with E-state index in [0.29, 0.717) is 0 Å². The van der Waals surface area contributed by atoms with Gasteiger partial charge < -0.3 is 14.9 Å². The van der Waals surface area contributed by atoms with Gasteiger partial charge in [0.2, 0.25) is 0 Å². The van der Waals surface area contributed by atoms with Crippen LogP contribution in [0.4, 0.5) is 10.2 Å². The summed E-state index contributed by atoms with van der Waals surface area (Å²) in [5.74, 6) is -0.125. The summed E-state index contributed by atoms with van der Waals surface area (Å²) in [6.07, 6.45) is -0.0404. The minimum absolute atomic E-state index is 0.0247. The lowest BCUT2D eigenvalue weighted by molar-refractivity contribution is -0.138. The van der Waals surface area contributed by atoms with Crippen molar-refractivity contribution in [3.63, 3.8) is 0 Å². The second kappa shape index (κ2) is 6.32. The number of nitrogen functional groups attached to an aromatic ring is 1. The molecule has 2 atom stereocenters. The number of hydrogen-bond acceptors (Lipinski definition) is 7. The quantitative estimate of drug-likeness (QED) is 0.627. The van der Waals surface area contributed by atoms with Gasteiger partial charge in [-0.25, -0.2) is 4.98 Å². The minimum Gasteiger partial charge on any atom is -0.413 e. The van der Waals surface area contributed by atoms with Crippen LogP contribution in [0.2, 0.25) is 18.1 Å². The number of Topliss-reactive ketones (excluding diaryl/α,β-unsaturated/α-hetero) is 1. The smallest absolute Gasteiger partial charge is 0.312 e. The molecule has 0 unspecified atom stereocenters. The van der Waals surface area contributed by atoms with Crippen LogP contribution in [0.1, 0.15) is 40.3 Å². The Morgan fingerprint density at radius 3 is 2.74 bits per heavy atom. The molecule has 1 saturated heterocycles. The van der Waals surface area contributed by atoms with Crippen LogP contribution >= 0.6 is 0 Å². The number of anilines is 1. The number of carbonyl (C=O) groups excluding carboxylic acids is 1. The van der Waals surface area contributed by atoms with Crippen molar-refractivity contribution in [2.75, 3.05) is 12.3 Å². The Hall–Kier alpha value is -1.91. The molecule has 0 radical (unpaired) electrons. The number of nitrogens with two attached hydrogens (primary N) is 1. The van der Waals surface area contributed by atoms with Crippen molar-refractivity contribution < 1.29 is 18.3 Å². The Bertz CT molecular complexity index is 895. The molecule has 0 aliphatic carbocycles. The van der Waals surface area contributed by atoms with Crippen molar-refractivity contribution in [2.45, 2.75) is 64.1 Å². The van der Waals surface area contributed by atoms with Crippen LogP contribution in [0.25, 0.3) is 11.2 Å². The molecule has 2 aromatic heterocycles. The highest BCUT2D eigenvalue weighted by atomic mass is 28.4. The number of rotatable bonds is 4. The standard InChI is InChI=1S/C17H26FN5O3Si/c1-16(2,3)27(5,6)25-8-17(4)10(24)7-11(26-17)23-9-20-12-13(19)21-15(18)22-14(12)23/h9,11H,7-8H2,1-6H3,(H2,19,21,22)/t11-,17-/m1/s1. The number of ketones is 1. The molecule has 3 heterocycles. The zero-order valence-corrected chi connectivity index (χ0v) is 17.5. The average molecular weight is 396 g/mol. The molecule has 0 spiro atoms. The molecule has 2 N–H and O–H groups in total. The Morgan fingerprint density at radius 2 is 2.11 bits per heavy atom. The Labute approximate surface area is 158 Å². The van der Waals surface area contributed by atoms with Gasteiger partial charge in [-0.05, 0) is 25.1 Å². The first kappa shape index (κ1) is 19.8. The average Bonchev–Trinajstić information content (AvgIpc) is 3.07. The van der Waals surface area contributed by atoms with Gasteiger partial charge in [0.1, 0.15) is 11.8 Å². The molecule has 27 heavy (non-hydrogen) atoms. The fraction of sp³-hybridized carbons (Fsp3) is 0.647. The third-order valence-electron chi connectivity index (χ3n) is 5.59. The normalized spacial score (nSPS) is 24.1. The topological polar surface area (TPSA) is 105 Å². The van der Waals surface area contributed by atoms with E-state index in [1.54, 1.807) is 6.92 Å². The number of halogens is 1. The Kier molecular flexibility index (Phi) is 4.64. The summed E-state index contributed by atoms with van der Waals surface area (Å²) in [5, 5.41) is 0.0247. The van der Waals surface area contributed by atoms with Gasteiger partial charge in [-0.15, -0.1) is 0 Å². The second-order valence-corrected chi connectivity index (χ2v) is 13.5. The van der Waals surface area contributed by atoms with E-state index >= 15 is 0 Å². The molecule has 1 fully saturated rings. The molecule has 3 rings (SSSR count). The number of imidazole rings is 1. The van der Waals surface area contributed by atoms with Gasteiger partial charge in [-0.1, -0.05) is 20.8 Å². The van der Waals surface area contributed by atoms with Gasteiger partial charge >= 0.3 is 6.08 Å². The van der Waals surface area contributed by atoms with Crippen LogP contribution in [0.15, 0.2) is 6.33 Å². The van der Waals surface area contributed by atoms with Crippen molar-refractivity contribution in [3.05, 3.63) is 12.4 Å². The van der Waals surface area contributed by atoms with Crippen LogP contribution in [-0.2, 0) is 14.0 Å².